The third-order valence-electron chi connectivity index (χ3n) is 4.79. The van der Waals surface area contributed by atoms with Crippen LogP contribution in [0, 0.1) is 0 Å². The molecule has 0 bridgehead atoms. The number of methoxy groups -OCH3 is 1. The van der Waals surface area contributed by atoms with Gasteiger partial charge in [-0.3, -0.25) is 14.4 Å². The van der Waals surface area contributed by atoms with Crippen LogP contribution in [-0.4, -0.2) is 66.8 Å². The highest BCUT2D eigenvalue weighted by molar-refractivity contribution is 5.87. The van der Waals surface area contributed by atoms with Gasteiger partial charge in [0.1, 0.15) is 23.3 Å². The first-order chi connectivity index (χ1) is 17.5. The van der Waals surface area contributed by atoms with Gasteiger partial charge in [0.25, 0.3) is 0 Å². The number of carbonyl (C=O) groups is 5. The zero-order valence-electron chi connectivity index (χ0n) is 23.6. The molecule has 11 nitrogen and oxygen atoms in total. The van der Waals surface area contributed by atoms with Crippen molar-refractivity contribution < 1.29 is 38.2 Å². The lowest BCUT2D eigenvalue weighted by Gasteiger charge is -2.23. The van der Waals surface area contributed by atoms with Crippen molar-refractivity contribution in [2.45, 2.75) is 91.0 Å². The van der Waals surface area contributed by atoms with Crippen LogP contribution in [0.15, 0.2) is 24.3 Å². The summed E-state index contributed by atoms with van der Waals surface area (Å²) < 4.78 is 15.3. The molecule has 1 rings (SSSR count). The number of hydrogen-bond acceptors (Lipinski definition) is 8. The summed E-state index contributed by atoms with van der Waals surface area (Å²) in [6.45, 7) is 11.8. The van der Waals surface area contributed by atoms with Gasteiger partial charge in [-0.1, -0.05) is 24.3 Å². The van der Waals surface area contributed by atoms with Gasteiger partial charge in [0, 0.05) is 26.3 Å². The minimum Gasteiger partial charge on any atom is -0.467 e. The fourth-order valence-corrected chi connectivity index (χ4v) is 3.40. The Morgan fingerprint density at radius 1 is 0.842 bits per heavy atom. The van der Waals surface area contributed by atoms with Crippen molar-refractivity contribution in [2.75, 3.05) is 13.7 Å². The van der Waals surface area contributed by atoms with E-state index in [0.29, 0.717) is 11.1 Å². The molecule has 0 aliphatic carbocycles. The summed E-state index contributed by atoms with van der Waals surface area (Å²) in [7, 11) is 1.22. The van der Waals surface area contributed by atoms with Gasteiger partial charge in [-0.25, -0.2) is 9.59 Å². The Labute approximate surface area is 224 Å². The summed E-state index contributed by atoms with van der Waals surface area (Å²) >= 11 is 0. The molecule has 0 saturated carbocycles. The van der Waals surface area contributed by atoms with Crippen molar-refractivity contribution in [3.05, 3.63) is 35.4 Å². The van der Waals surface area contributed by atoms with E-state index in [1.54, 1.807) is 65.8 Å². The van der Waals surface area contributed by atoms with Gasteiger partial charge in [0.05, 0.1) is 13.5 Å². The molecule has 0 saturated heterocycles. The highest BCUT2D eigenvalue weighted by atomic mass is 16.6. The number of hydrogen-bond donors (Lipinski definition) is 3. The summed E-state index contributed by atoms with van der Waals surface area (Å²) in [4.78, 5) is 60.9. The number of amides is 3. The number of nitrogens with one attached hydrogen (secondary N) is 3. The second-order valence-corrected chi connectivity index (χ2v) is 10.8. The standard InChI is InChI=1S/C27H41N3O8/c1-17(31)29-20(23(33)28-13-12-22(32)37-26(2,3)4)15-18-10-9-11-19(14-18)16-21(24(34)36-8)30-25(35)38-27(5,6)7/h9-11,14,20-21H,12-13,15-16H2,1-8H3,(H,28,33)(H,29,31)(H,30,35)/t20-,21-/m0/s1. The first-order valence-electron chi connectivity index (χ1n) is 12.4. The fraction of sp³-hybridized carbons (Fsp3) is 0.593. The molecule has 0 aromatic heterocycles. The second-order valence-electron chi connectivity index (χ2n) is 10.8. The molecular formula is C27H41N3O8. The van der Waals surface area contributed by atoms with Crippen molar-refractivity contribution in [3.8, 4) is 0 Å². The number of esters is 2. The Kier molecular flexibility index (Phi) is 12.2. The Bertz CT molecular complexity index is 995. The maximum absolute atomic E-state index is 12.8. The molecule has 0 heterocycles. The first kappa shape index (κ1) is 32.4. The molecule has 0 aliphatic heterocycles. The van der Waals surface area contributed by atoms with Gasteiger partial charge in [-0.05, 0) is 52.7 Å². The second kappa shape index (κ2) is 14.3. The van der Waals surface area contributed by atoms with Gasteiger partial charge in [-0.2, -0.15) is 0 Å². The monoisotopic (exact) mass is 535 g/mol. The summed E-state index contributed by atoms with van der Waals surface area (Å²) in [6.07, 6.45) is -0.483. The summed E-state index contributed by atoms with van der Waals surface area (Å²) in [5, 5.41) is 7.81. The van der Waals surface area contributed by atoms with E-state index in [2.05, 4.69) is 16.0 Å². The molecular weight excluding hydrogens is 494 g/mol. The van der Waals surface area contributed by atoms with E-state index in [0.717, 1.165) is 0 Å². The van der Waals surface area contributed by atoms with Crippen LogP contribution in [0.4, 0.5) is 4.79 Å². The molecule has 0 fully saturated rings. The van der Waals surface area contributed by atoms with E-state index in [9.17, 15) is 24.0 Å². The van der Waals surface area contributed by atoms with Crippen molar-refractivity contribution in [1.82, 2.24) is 16.0 Å². The summed E-state index contributed by atoms with van der Waals surface area (Å²) in [5.74, 6) is -1.92. The van der Waals surface area contributed by atoms with Crippen molar-refractivity contribution in [2.24, 2.45) is 0 Å². The lowest BCUT2D eigenvalue weighted by Crippen LogP contribution is -2.48. The number of alkyl carbamates (subject to hydrolysis) is 1. The van der Waals surface area contributed by atoms with Crippen LogP contribution in [0.3, 0.4) is 0 Å². The van der Waals surface area contributed by atoms with E-state index < -0.39 is 47.2 Å². The van der Waals surface area contributed by atoms with Crippen LogP contribution in [0.2, 0.25) is 0 Å². The topological polar surface area (TPSA) is 149 Å². The van der Waals surface area contributed by atoms with Crippen molar-refractivity contribution >= 4 is 29.8 Å². The van der Waals surface area contributed by atoms with Crippen LogP contribution < -0.4 is 16.0 Å². The molecule has 3 N–H and O–H groups in total. The van der Waals surface area contributed by atoms with E-state index in [1.807, 2.05) is 0 Å². The molecule has 3 amide bonds. The average molecular weight is 536 g/mol. The lowest BCUT2D eigenvalue weighted by atomic mass is 9.99. The van der Waals surface area contributed by atoms with Gasteiger partial charge in [-0.15, -0.1) is 0 Å². The molecule has 0 aliphatic rings. The molecule has 0 unspecified atom stereocenters. The Morgan fingerprint density at radius 2 is 1.39 bits per heavy atom. The number of benzene rings is 1. The number of rotatable bonds is 11. The quantitative estimate of drug-likeness (QED) is 0.288. The van der Waals surface area contributed by atoms with Gasteiger partial charge in [0.15, 0.2) is 0 Å². The minimum atomic E-state index is -0.993. The minimum absolute atomic E-state index is 0.00908. The molecule has 0 spiro atoms. The molecule has 2 atom stereocenters. The normalized spacial score (nSPS) is 12.9. The van der Waals surface area contributed by atoms with Crippen LogP contribution in [0.5, 0.6) is 0 Å². The first-order valence-corrected chi connectivity index (χ1v) is 12.4. The van der Waals surface area contributed by atoms with Crippen molar-refractivity contribution in [3.63, 3.8) is 0 Å². The molecule has 212 valence electrons. The molecule has 1 aromatic rings. The van der Waals surface area contributed by atoms with Gasteiger partial charge in [0.2, 0.25) is 11.8 Å². The van der Waals surface area contributed by atoms with E-state index in [4.69, 9.17) is 14.2 Å². The molecule has 11 heteroatoms. The predicted octanol–water partition coefficient (Wildman–Crippen LogP) is 2.19. The molecule has 38 heavy (non-hydrogen) atoms. The third-order valence-corrected chi connectivity index (χ3v) is 4.79. The van der Waals surface area contributed by atoms with E-state index in [1.165, 1.54) is 14.0 Å². The van der Waals surface area contributed by atoms with Crippen LogP contribution in [-0.2, 0) is 46.2 Å². The van der Waals surface area contributed by atoms with Crippen LogP contribution in [0.1, 0.15) is 66.0 Å². The highest BCUT2D eigenvalue weighted by Gasteiger charge is 2.26. The fourth-order valence-electron chi connectivity index (χ4n) is 3.40. The molecule has 0 radical (unpaired) electrons. The van der Waals surface area contributed by atoms with Crippen molar-refractivity contribution in [1.29, 1.82) is 0 Å². The van der Waals surface area contributed by atoms with E-state index in [-0.39, 0.29) is 31.7 Å². The summed E-state index contributed by atoms with van der Waals surface area (Å²) in [5.41, 5.74) is 0.0436. The number of carbonyl (C=O) groups excluding carboxylic acids is 5. The smallest absolute Gasteiger partial charge is 0.408 e. The Hall–Kier alpha value is -3.63. The summed E-state index contributed by atoms with van der Waals surface area (Å²) in [6, 6.07) is 5.18. The van der Waals surface area contributed by atoms with Crippen LogP contribution >= 0.6 is 0 Å². The highest BCUT2D eigenvalue weighted by Crippen LogP contribution is 2.13. The number of ether oxygens (including phenoxy) is 3. The molecule has 1 aromatic carbocycles. The zero-order chi connectivity index (χ0) is 29.1. The van der Waals surface area contributed by atoms with E-state index >= 15 is 0 Å². The largest absolute Gasteiger partial charge is 0.467 e. The Balaban J connectivity index is 2.91. The predicted molar refractivity (Wildman–Crippen MR) is 140 cm³/mol. The SMILES string of the molecule is COC(=O)[C@H](Cc1cccc(C[C@H](NC(C)=O)C(=O)NCCC(=O)OC(C)(C)C)c1)NC(=O)OC(C)(C)C. The maximum atomic E-state index is 12.8. The zero-order valence-corrected chi connectivity index (χ0v) is 23.6. The lowest BCUT2D eigenvalue weighted by molar-refractivity contribution is -0.154. The van der Waals surface area contributed by atoms with Gasteiger partial charge < -0.3 is 30.2 Å². The van der Waals surface area contributed by atoms with Gasteiger partial charge >= 0.3 is 18.0 Å². The average Bonchev–Trinajstić information content (AvgIpc) is 2.75. The Morgan fingerprint density at radius 3 is 1.89 bits per heavy atom. The maximum Gasteiger partial charge on any atom is 0.408 e. The van der Waals surface area contributed by atoms with Crippen LogP contribution in [0.25, 0.3) is 0 Å². The third kappa shape index (κ3) is 13.6.